The van der Waals surface area contributed by atoms with Gasteiger partial charge >= 0.3 is 6.18 Å². The zero-order chi connectivity index (χ0) is 22.9. The summed E-state index contributed by atoms with van der Waals surface area (Å²) >= 11 is 17.8. The molecular weight excluding hydrogens is 476 g/mol. The van der Waals surface area contributed by atoms with Gasteiger partial charge in [0.15, 0.2) is 5.60 Å². The Labute approximate surface area is 183 Å². The van der Waals surface area contributed by atoms with E-state index in [0.29, 0.717) is 12.1 Å². The molecule has 1 aliphatic carbocycles. The van der Waals surface area contributed by atoms with Gasteiger partial charge in [-0.1, -0.05) is 11.6 Å². The van der Waals surface area contributed by atoms with Crippen LogP contribution in [0.15, 0.2) is 41.1 Å². The summed E-state index contributed by atoms with van der Waals surface area (Å²) < 4.78 is 44.5. The van der Waals surface area contributed by atoms with E-state index < -0.39 is 56.9 Å². The van der Waals surface area contributed by atoms with E-state index in [4.69, 9.17) is 39.5 Å². The number of rotatable bonds is 6. The minimum atomic E-state index is -5.02. The first-order valence-electron chi connectivity index (χ1n) is 8.12. The molecule has 0 bridgehead atoms. The topological polar surface area (TPSA) is 102 Å². The number of nitrogens with one attached hydrogen (secondary N) is 1. The van der Waals surface area contributed by atoms with E-state index in [1.54, 1.807) is 0 Å². The maximum absolute atomic E-state index is 13.1. The highest BCUT2D eigenvalue weighted by Gasteiger charge is 2.39. The van der Waals surface area contributed by atoms with Crippen LogP contribution in [-0.2, 0) is 15.7 Å². The lowest BCUT2D eigenvalue weighted by Gasteiger charge is -2.25. The lowest BCUT2D eigenvalue weighted by atomic mass is 10.1. The second kappa shape index (κ2) is 9.01. The van der Waals surface area contributed by atoms with Gasteiger partial charge in [0.05, 0.1) is 20.7 Å². The van der Waals surface area contributed by atoms with Crippen molar-refractivity contribution in [2.45, 2.75) is 29.5 Å². The highest BCUT2D eigenvalue weighted by Crippen LogP contribution is 2.37. The molecule has 2 rings (SSSR count). The van der Waals surface area contributed by atoms with Gasteiger partial charge in [0, 0.05) is 11.8 Å². The fraction of sp³-hybridized carbons (Fsp3) is 0.353. The average Bonchev–Trinajstić information content (AvgIpc) is 2.62. The molecule has 0 aromatic heterocycles. The van der Waals surface area contributed by atoms with E-state index in [9.17, 15) is 33.2 Å². The van der Waals surface area contributed by atoms with Crippen LogP contribution in [0.1, 0.15) is 12.5 Å². The molecule has 0 fully saturated rings. The highest BCUT2D eigenvalue weighted by atomic mass is 35.5. The molecule has 1 aliphatic rings. The molecule has 0 aliphatic heterocycles. The average molecular weight is 490 g/mol. The van der Waals surface area contributed by atoms with Crippen molar-refractivity contribution >= 4 is 52.1 Å². The second-order valence-electron chi connectivity index (χ2n) is 6.44. The van der Waals surface area contributed by atoms with Crippen molar-refractivity contribution in [2.75, 3.05) is 11.9 Å². The molecular formula is C17H14Cl3F3N2O5. The smallest absolute Gasteiger partial charge is 0.423 e. The van der Waals surface area contributed by atoms with E-state index in [0.717, 1.165) is 13.0 Å². The van der Waals surface area contributed by atoms with Crippen LogP contribution in [0.25, 0.3) is 0 Å². The van der Waals surface area contributed by atoms with Crippen molar-refractivity contribution in [1.29, 1.82) is 0 Å². The number of benzene rings is 1. The van der Waals surface area contributed by atoms with Gasteiger partial charge in [-0.2, -0.15) is 13.2 Å². The number of anilines is 1. The van der Waals surface area contributed by atoms with Crippen molar-refractivity contribution in [3.63, 3.8) is 0 Å². The summed E-state index contributed by atoms with van der Waals surface area (Å²) in [6.07, 6.45) is -2.24. The highest BCUT2D eigenvalue weighted by molar-refractivity contribution is 6.36. The minimum absolute atomic E-state index is 0.0661. The van der Waals surface area contributed by atoms with Crippen LogP contribution in [0.5, 0.6) is 0 Å². The van der Waals surface area contributed by atoms with Crippen molar-refractivity contribution in [3.8, 4) is 0 Å². The molecule has 1 aromatic carbocycles. The van der Waals surface area contributed by atoms with E-state index in [1.165, 1.54) is 12.2 Å². The third-order valence-electron chi connectivity index (χ3n) is 3.91. The quantitative estimate of drug-likeness (QED) is 0.347. The molecule has 0 radical (unpaired) electrons. The summed E-state index contributed by atoms with van der Waals surface area (Å²) in [4.78, 5) is 21.9. The summed E-state index contributed by atoms with van der Waals surface area (Å²) in [6.45, 7) is 0.437. The van der Waals surface area contributed by atoms with E-state index >= 15 is 0 Å². The number of hydrogen-bond donors (Lipinski definition) is 2. The predicted molar refractivity (Wildman–Crippen MR) is 105 cm³/mol. The number of allylic oxidation sites excluding steroid dienone is 3. The van der Waals surface area contributed by atoms with Gasteiger partial charge in [0.25, 0.3) is 11.6 Å². The van der Waals surface area contributed by atoms with Gasteiger partial charge in [-0.3, -0.25) is 14.9 Å². The Hall–Kier alpha value is -2.01. The Kier molecular flexibility index (Phi) is 7.28. The molecule has 2 unspecified atom stereocenters. The molecule has 0 heterocycles. The molecule has 3 atom stereocenters. The van der Waals surface area contributed by atoms with Crippen LogP contribution in [0.3, 0.4) is 0 Å². The van der Waals surface area contributed by atoms with Crippen molar-refractivity contribution in [3.05, 3.63) is 56.8 Å². The molecule has 164 valence electrons. The monoisotopic (exact) mass is 488 g/mol. The third kappa shape index (κ3) is 5.78. The van der Waals surface area contributed by atoms with Crippen LogP contribution in [0.4, 0.5) is 24.5 Å². The summed E-state index contributed by atoms with van der Waals surface area (Å²) in [5.74, 6) is -1.05. The predicted octanol–water partition coefficient (Wildman–Crippen LogP) is 4.55. The van der Waals surface area contributed by atoms with Crippen molar-refractivity contribution in [2.24, 2.45) is 0 Å². The summed E-state index contributed by atoms with van der Waals surface area (Å²) in [5.41, 5.74) is -5.32. The zero-order valence-corrected chi connectivity index (χ0v) is 17.3. The second-order valence-corrected chi connectivity index (χ2v) is 7.85. The maximum atomic E-state index is 13.1. The Balaban J connectivity index is 2.14. The largest absolute Gasteiger partial charge is 0.489 e. The van der Waals surface area contributed by atoms with Crippen LogP contribution in [0, 0.1) is 10.1 Å². The number of hydrogen-bond acceptors (Lipinski definition) is 5. The Morgan fingerprint density at radius 2 is 1.90 bits per heavy atom. The standard InChI is InChI=1S/C17H14Cl3F3N2O5/c1-16(27,7-30-14-6-11(19)10(18)5-12(14)20)15(26)24-8-2-3-13(25(28)29)9(4-8)17(21,22)23/h2-6,10-11,27H,7H2,1H3,(H,24,26)/t10?,11?,16-/m0/s1. The number of nitrogens with zero attached hydrogens (tertiary/aromatic N) is 1. The molecule has 13 heteroatoms. The number of ether oxygens (including phenoxy) is 1. The fourth-order valence-electron chi connectivity index (χ4n) is 2.30. The number of amides is 1. The Morgan fingerprint density at radius 1 is 1.30 bits per heavy atom. The minimum Gasteiger partial charge on any atom is -0.489 e. The van der Waals surface area contributed by atoms with Crippen LogP contribution < -0.4 is 5.32 Å². The first kappa shape index (κ1) is 24.3. The first-order valence-corrected chi connectivity index (χ1v) is 9.37. The lowest BCUT2D eigenvalue weighted by molar-refractivity contribution is -0.388. The van der Waals surface area contributed by atoms with Gasteiger partial charge in [-0.25, -0.2) is 0 Å². The van der Waals surface area contributed by atoms with Gasteiger partial charge in [0.2, 0.25) is 0 Å². The molecule has 0 saturated carbocycles. The number of nitro groups is 1. The van der Waals surface area contributed by atoms with E-state index in [-0.39, 0.29) is 10.8 Å². The lowest BCUT2D eigenvalue weighted by Crippen LogP contribution is -2.44. The molecule has 2 N–H and O–H groups in total. The van der Waals surface area contributed by atoms with Crippen molar-refractivity contribution in [1.82, 2.24) is 0 Å². The van der Waals surface area contributed by atoms with Gasteiger partial charge < -0.3 is 15.2 Å². The summed E-state index contributed by atoms with van der Waals surface area (Å²) in [5, 5.41) is 22.1. The van der Waals surface area contributed by atoms with Crippen LogP contribution >= 0.6 is 34.8 Å². The number of halogens is 6. The van der Waals surface area contributed by atoms with E-state index in [2.05, 4.69) is 5.32 Å². The summed E-state index contributed by atoms with van der Waals surface area (Å²) in [6, 6.07) is 1.91. The number of alkyl halides is 5. The van der Waals surface area contributed by atoms with Gasteiger partial charge in [0.1, 0.15) is 17.9 Å². The Morgan fingerprint density at radius 3 is 2.47 bits per heavy atom. The molecule has 0 spiro atoms. The normalized spacial score (nSPS) is 21.2. The van der Waals surface area contributed by atoms with Crippen molar-refractivity contribution < 1.29 is 32.7 Å². The molecule has 30 heavy (non-hydrogen) atoms. The SMILES string of the molecule is C[C@](O)(COC1=CC(Cl)C(Cl)C=C1Cl)C(=O)Nc1ccc([N+](=O)[O-])c(C(F)(F)F)c1. The van der Waals surface area contributed by atoms with Gasteiger partial charge in [-0.15, -0.1) is 23.2 Å². The van der Waals surface area contributed by atoms with E-state index in [1.807, 2.05) is 0 Å². The molecule has 1 amide bonds. The van der Waals surface area contributed by atoms with Gasteiger partial charge in [-0.05, 0) is 31.2 Å². The number of carbonyl (C=O) groups excluding carboxylic acids is 1. The fourth-order valence-corrected chi connectivity index (χ4v) is 3.00. The number of aliphatic hydroxyl groups is 1. The van der Waals surface area contributed by atoms with Crippen LogP contribution in [0.2, 0.25) is 0 Å². The first-order chi connectivity index (χ1) is 13.7. The number of carbonyl (C=O) groups is 1. The number of nitro benzene ring substituents is 1. The zero-order valence-electron chi connectivity index (χ0n) is 15.0. The third-order valence-corrected chi connectivity index (χ3v) is 5.15. The summed E-state index contributed by atoms with van der Waals surface area (Å²) in [7, 11) is 0. The molecule has 1 aromatic rings. The molecule has 7 nitrogen and oxygen atoms in total. The Bertz CT molecular complexity index is 918. The maximum Gasteiger partial charge on any atom is 0.423 e. The molecule has 0 saturated heterocycles. The van der Waals surface area contributed by atoms with Crippen LogP contribution in [-0.4, -0.2) is 38.9 Å².